The van der Waals surface area contributed by atoms with Crippen molar-refractivity contribution in [2.45, 2.75) is 18.5 Å². The fraction of sp³-hybridized carbons (Fsp3) is 1.00. The number of rotatable bonds is 0. The molecule has 9 heavy (non-hydrogen) atoms. The molecule has 52 valence electrons. The van der Waals surface area contributed by atoms with Gasteiger partial charge in [-0.1, -0.05) is 0 Å². The maximum atomic E-state index is 2.44. The number of hydrogen-bond acceptors (Lipinski definition) is 2. The fourth-order valence-corrected chi connectivity index (χ4v) is 3.29. The summed E-state index contributed by atoms with van der Waals surface area (Å²) in [6.45, 7) is 2.54. The second kappa shape index (κ2) is 2.46. The Kier molecular flexibility index (Phi) is 1.92. The summed E-state index contributed by atoms with van der Waals surface area (Å²) in [5.74, 6) is 0. The molecule has 0 aromatic heterocycles. The van der Waals surface area contributed by atoms with E-state index in [0.29, 0.717) is 0 Å². The number of halogens is 2. The summed E-state index contributed by atoms with van der Waals surface area (Å²) < 4.78 is 4.88. The third-order valence-corrected chi connectivity index (χ3v) is 4.47. The fourth-order valence-electron chi connectivity index (χ4n) is 1.57. The van der Waals surface area contributed by atoms with E-state index in [1.807, 2.05) is 0 Å². The van der Waals surface area contributed by atoms with Crippen LogP contribution in [0.2, 0.25) is 0 Å². The Labute approximate surface area is 82.9 Å². The molecule has 2 atom stereocenters. The Bertz CT molecular complexity index is 112. The predicted molar refractivity (Wildman–Crippen MR) is 53.6 cm³/mol. The molecular weight excluding hydrogens is 342 g/mol. The Balaban J connectivity index is 2.10. The molecule has 2 rings (SSSR count). The summed E-state index contributed by atoms with van der Waals surface area (Å²) in [7, 11) is 0. The lowest BCUT2D eigenvalue weighted by atomic mass is 10.3. The molecule has 0 aromatic rings. The largest absolute Gasteiger partial charge is 0.242 e. The number of hydrogen-bond donors (Lipinski definition) is 0. The molecule has 2 aliphatic rings. The van der Waals surface area contributed by atoms with Gasteiger partial charge in [-0.05, 0) is 6.42 Å². The standard InChI is InChI=1S/C5H8I2N2/c6-8-2-4-1-5(8)3-9(4)7/h4-5H,1-3H2. The van der Waals surface area contributed by atoms with Gasteiger partial charge in [0.25, 0.3) is 0 Å². The van der Waals surface area contributed by atoms with Crippen molar-refractivity contribution in [3.63, 3.8) is 0 Å². The molecule has 2 unspecified atom stereocenters. The van der Waals surface area contributed by atoms with E-state index in [4.69, 9.17) is 0 Å². The molecule has 0 spiro atoms. The highest BCUT2D eigenvalue weighted by Gasteiger charge is 2.41. The molecule has 2 saturated heterocycles. The molecule has 2 heterocycles. The van der Waals surface area contributed by atoms with E-state index < -0.39 is 0 Å². The predicted octanol–water partition coefficient (Wildman–Crippen LogP) is 1.44. The average molecular weight is 350 g/mol. The van der Waals surface area contributed by atoms with Crippen LogP contribution in [0.5, 0.6) is 0 Å². The van der Waals surface area contributed by atoms with E-state index in [1.54, 1.807) is 0 Å². The van der Waals surface area contributed by atoms with Gasteiger partial charge in [-0.2, -0.15) is 0 Å². The van der Waals surface area contributed by atoms with Crippen LogP contribution in [0.1, 0.15) is 6.42 Å². The third-order valence-electron chi connectivity index (χ3n) is 2.11. The molecule has 4 heteroatoms. The van der Waals surface area contributed by atoms with Crippen LogP contribution >= 0.6 is 45.7 Å². The van der Waals surface area contributed by atoms with Gasteiger partial charge in [-0.25, -0.2) is 6.23 Å². The van der Waals surface area contributed by atoms with Crippen LogP contribution < -0.4 is 0 Å². The smallest absolute Gasteiger partial charge is 0.0346 e. The van der Waals surface area contributed by atoms with Crippen LogP contribution in [0.15, 0.2) is 0 Å². The molecule has 2 fully saturated rings. The van der Waals surface area contributed by atoms with E-state index in [2.05, 4.69) is 52.0 Å². The average Bonchev–Trinajstić information content (AvgIpc) is 2.24. The van der Waals surface area contributed by atoms with Crippen molar-refractivity contribution in [3.8, 4) is 0 Å². The molecule has 0 saturated carbocycles. The van der Waals surface area contributed by atoms with Gasteiger partial charge in [-0.3, -0.25) is 0 Å². The summed E-state index contributed by atoms with van der Waals surface area (Å²) >= 11 is 4.88. The van der Waals surface area contributed by atoms with Gasteiger partial charge in [0.2, 0.25) is 0 Å². The first-order chi connectivity index (χ1) is 4.27. The number of nitrogens with zero attached hydrogens (tertiary/aromatic N) is 2. The maximum absolute atomic E-state index is 2.44. The molecule has 0 aliphatic carbocycles. The Morgan fingerprint density at radius 3 is 1.67 bits per heavy atom. The first-order valence-electron chi connectivity index (χ1n) is 3.12. The van der Waals surface area contributed by atoms with E-state index >= 15 is 0 Å². The molecule has 2 aliphatic heterocycles. The van der Waals surface area contributed by atoms with Crippen LogP contribution in [0.25, 0.3) is 0 Å². The van der Waals surface area contributed by atoms with Gasteiger partial charge in [0.05, 0.1) is 0 Å². The van der Waals surface area contributed by atoms with Crippen LogP contribution in [0.4, 0.5) is 0 Å². The topological polar surface area (TPSA) is 6.48 Å². The monoisotopic (exact) mass is 350 g/mol. The summed E-state index contributed by atoms with van der Waals surface area (Å²) in [5.41, 5.74) is 0. The zero-order valence-corrected chi connectivity index (χ0v) is 9.24. The maximum Gasteiger partial charge on any atom is 0.0346 e. The van der Waals surface area contributed by atoms with Crippen LogP contribution in [0, 0.1) is 0 Å². The first-order valence-corrected chi connectivity index (χ1v) is 5.05. The minimum Gasteiger partial charge on any atom is -0.242 e. The van der Waals surface area contributed by atoms with E-state index in [0.717, 1.165) is 12.1 Å². The molecular formula is C5H8I2N2. The highest BCUT2D eigenvalue weighted by molar-refractivity contribution is 14.1. The lowest BCUT2D eigenvalue weighted by molar-refractivity contribution is 0.341. The van der Waals surface area contributed by atoms with Crippen LogP contribution in [0.3, 0.4) is 0 Å². The minimum absolute atomic E-state index is 0.854. The first kappa shape index (κ1) is 7.05. The van der Waals surface area contributed by atoms with Crippen molar-refractivity contribution in [1.29, 1.82) is 0 Å². The Morgan fingerprint density at radius 1 is 1.00 bits per heavy atom. The van der Waals surface area contributed by atoms with Crippen molar-refractivity contribution in [2.24, 2.45) is 0 Å². The second-order valence-electron chi connectivity index (χ2n) is 2.71. The summed E-state index contributed by atoms with van der Waals surface area (Å²) in [4.78, 5) is 0. The van der Waals surface area contributed by atoms with Gasteiger partial charge < -0.3 is 0 Å². The van der Waals surface area contributed by atoms with Crippen molar-refractivity contribution < 1.29 is 0 Å². The van der Waals surface area contributed by atoms with Gasteiger partial charge >= 0.3 is 0 Å². The number of piperazine rings is 1. The van der Waals surface area contributed by atoms with Crippen LogP contribution in [-0.4, -0.2) is 31.4 Å². The highest BCUT2D eigenvalue weighted by atomic mass is 127. The lowest BCUT2D eigenvalue weighted by Gasteiger charge is -2.25. The molecule has 2 nitrogen and oxygen atoms in total. The van der Waals surface area contributed by atoms with Crippen molar-refractivity contribution >= 4 is 45.7 Å². The molecule has 2 bridgehead atoms. The second-order valence-corrected chi connectivity index (χ2v) is 5.19. The van der Waals surface area contributed by atoms with Gasteiger partial charge in [-0.15, -0.1) is 0 Å². The van der Waals surface area contributed by atoms with Crippen molar-refractivity contribution in [1.82, 2.24) is 6.23 Å². The van der Waals surface area contributed by atoms with Crippen molar-refractivity contribution in [3.05, 3.63) is 0 Å². The Morgan fingerprint density at radius 2 is 1.44 bits per heavy atom. The summed E-state index contributed by atoms with van der Waals surface area (Å²) in [6, 6.07) is 1.71. The molecule has 0 radical (unpaired) electrons. The normalized spacial score (nSPS) is 44.7. The van der Waals surface area contributed by atoms with E-state index in [-0.39, 0.29) is 0 Å². The van der Waals surface area contributed by atoms with Crippen molar-refractivity contribution in [2.75, 3.05) is 13.1 Å². The zero-order chi connectivity index (χ0) is 6.43. The summed E-state index contributed by atoms with van der Waals surface area (Å²) in [6.07, 6.45) is 1.39. The molecule has 0 amide bonds. The highest BCUT2D eigenvalue weighted by Crippen LogP contribution is 2.34. The van der Waals surface area contributed by atoms with E-state index in [1.165, 1.54) is 19.5 Å². The third kappa shape index (κ3) is 1.12. The Hall–Kier alpha value is 1.38. The SMILES string of the molecule is IN1CC2CC1CN2I. The summed E-state index contributed by atoms with van der Waals surface area (Å²) in [5, 5.41) is 0. The zero-order valence-electron chi connectivity index (χ0n) is 4.93. The quantitative estimate of drug-likeness (QED) is 0.482. The van der Waals surface area contributed by atoms with Gasteiger partial charge in [0, 0.05) is 70.9 Å². The lowest BCUT2D eigenvalue weighted by Crippen LogP contribution is -2.36. The molecule has 0 N–H and O–H groups in total. The minimum atomic E-state index is 0.854. The molecule has 0 aromatic carbocycles. The van der Waals surface area contributed by atoms with Gasteiger partial charge in [0.15, 0.2) is 0 Å². The van der Waals surface area contributed by atoms with Gasteiger partial charge in [0.1, 0.15) is 0 Å². The van der Waals surface area contributed by atoms with E-state index in [9.17, 15) is 0 Å². The van der Waals surface area contributed by atoms with Crippen LogP contribution in [-0.2, 0) is 0 Å². The number of fused-ring (bicyclic) bond motifs is 2.